The molecule has 4 heteroatoms. The van der Waals surface area contributed by atoms with Crippen molar-refractivity contribution < 1.29 is 9.47 Å². The minimum absolute atomic E-state index is 0.142. The summed E-state index contributed by atoms with van der Waals surface area (Å²) >= 11 is 0. The Balaban J connectivity index is 1.23. The number of aromatic nitrogens is 1. The Bertz CT molecular complexity index is 522. The van der Waals surface area contributed by atoms with Crippen LogP contribution in [0.4, 0.5) is 0 Å². The first-order chi connectivity index (χ1) is 12.4. The molecule has 1 aromatic rings. The number of rotatable bonds is 6. The number of pyridine rings is 1. The standard InChI is InChI=1S/C21H32N2O2/c1-2-7-20(6-1)23-13-10-21(11-14-23)18(9-16-25-21)8-15-24-17-19-5-3-4-12-22-19/h3-5,12,18,20H,1-2,6-11,13-17H2. The van der Waals surface area contributed by atoms with Crippen molar-refractivity contribution in [3.05, 3.63) is 30.1 Å². The quantitative estimate of drug-likeness (QED) is 0.735. The van der Waals surface area contributed by atoms with Gasteiger partial charge in [0.15, 0.2) is 0 Å². The zero-order valence-corrected chi connectivity index (χ0v) is 15.4. The van der Waals surface area contributed by atoms with Gasteiger partial charge in [-0.2, -0.15) is 0 Å². The minimum Gasteiger partial charge on any atom is -0.375 e. The van der Waals surface area contributed by atoms with Gasteiger partial charge in [-0.15, -0.1) is 0 Å². The zero-order chi connectivity index (χ0) is 17.0. The Kier molecular flexibility index (Phi) is 5.69. The summed E-state index contributed by atoms with van der Waals surface area (Å²) in [7, 11) is 0. The molecule has 1 unspecified atom stereocenters. The van der Waals surface area contributed by atoms with Crippen LogP contribution in [0.15, 0.2) is 24.4 Å². The molecular weight excluding hydrogens is 312 g/mol. The highest BCUT2D eigenvalue weighted by molar-refractivity contribution is 5.02. The summed E-state index contributed by atoms with van der Waals surface area (Å²) in [6, 6.07) is 6.85. The van der Waals surface area contributed by atoms with E-state index in [9.17, 15) is 0 Å². The second kappa shape index (κ2) is 8.15. The van der Waals surface area contributed by atoms with Gasteiger partial charge < -0.3 is 14.4 Å². The van der Waals surface area contributed by atoms with Gasteiger partial charge in [0.25, 0.3) is 0 Å². The first kappa shape index (κ1) is 17.4. The summed E-state index contributed by atoms with van der Waals surface area (Å²) < 4.78 is 12.2. The van der Waals surface area contributed by atoms with Gasteiger partial charge in [-0.25, -0.2) is 0 Å². The monoisotopic (exact) mass is 344 g/mol. The Labute approximate surface area is 151 Å². The molecule has 2 aliphatic heterocycles. The fraction of sp³-hybridized carbons (Fsp3) is 0.762. The van der Waals surface area contributed by atoms with Crippen LogP contribution in [0.5, 0.6) is 0 Å². The van der Waals surface area contributed by atoms with Crippen molar-refractivity contribution in [2.24, 2.45) is 5.92 Å². The predicted molar refractivity (Wildman–Crippen MR) is 98.4 cm³/mol. The van der Waals surface area contributed by atoms with Gasteiger partial charge in [0, 0.05) is 38.5 Å². The number of hydrogen-bond donors (Lipinski definition) is 0. The van der Waals surface area contributed by atoms with Gasteiger partial charge >= 0.3 is 0 Å². The molecule has 3 fully saturated rings. The molecule has 138 valence electrons. The van der Waals surface area contributed by atoms with Crippen molar-refractivity contribution in [1.29, 1.82) is 0 Å². The predicted octanol–water partition coefficient (Wildman–Crippen LogP) is 3.80. The molecule has 3 heterocycles. The van der Waals surface area contributed by atoms with Crippen molar-refractivity contribution in [2.45, 2.75) is 69.6 Å². The van der Waals surface area contributed by atoms with E-state index in [-0.39, 0.29) is 5.60 Å². The summed E-state index contributed by atoms with van der Waals surface area (Å²) in [6.07, 6.45) is 12.3. The maximum atomic E-state index is 6.33. The third kappa shape index (κ3) is 4.07. The molecule has 4 rings (SSSR count). The van der Waals surface area contributed by atoms with E-state index >= 15 is 0 Å². The maximum absolute atomic E-state index is 6.33. The molecule has 3 aliphatic rings. The Hall–Kier alpha value is -0.970. The lowest BCUT2D eigenvalue weighted by Crippen LogP contribution is -2.50. The molecular formula is C21H32N2O2. The van der Waals surface area contributed by atoms with Gasteiger partial charge in [0.2, 0.25) is 0 Å². The lowest BCUT2D eigenvalue weighted by atomic mass is 9.78. The fourth-order valence-electron chi connectivity index (χ4n) is 5.17. The summed E-state index contributed by atoms with van der Waals surface area (Å²) in [5.41, 5.74) is 1.16. The largest absolute Gasteiger partial charge is 0.375 e. The highest BCUT2D eigenvalue weighted by Gasteiger charge is 2.46. The maximum Gasteiger partial charge on any atom is 0.0887 e. The van der Waals surface area contributed by atoms with Gasteiger partial charge in [-0.05, 0) is 56.6 Å². The SMILES string of the molecule is c1ccc(COCCC2CCOC23CCN(C2CCCC2)CC3)nc1. The van der Waals surface area contributed by atoms with E-state index in [2.05, 4.69) is 9.88 Å². The molecule has 1 aliphatic carbocycles. The molecule has 4 nitrogen and oxygen atoms in total. The lowest BCUT2D eigenvalue weighted by molar-refractivity contribution is -0.0777. The van der Waals surface area contributed by atoms with Gasteiger partial charge in [-0.1, -0.05) is 18.9 Å². The highest BCUT2D eigenvalue weighted by Crippen LogP contribution is 2.43. The first-order valence-corrected chi connectivity index (χ1v) is 10.2. The molecule has 1 spiro atoms. The normalized spacial score (nSPS) is 27.3. The number of nitrogens with zero attached hydrogens (tertiary/aromatic N) is 2. The molecule has 25 heavy (non-hydrogen) atoms. The van der Waals surface area contributed by atoms with E-state index in [0.717, 1.165) is 31.4 Å². The van der Waals surface area contributed by atoms with Crippen LogP contribution >= 0.6 is 0 Å². The summed E-state index contributed by atoms with van der Waals surface area (Å²) in [5.74, 6) is 0.668. The molecule has 1 saturated carbocycles. The number of ether oxygens (including phenoxy) is 2. The summed E-state index contributed by atoms with van der Waals surface area (Å²) in [5, 5.41) is 0. The van der Waals surface area contributed by atoms with Crippen molar-refractivity contribution in [1.82, 2.24) is 9.88 Å². The Morgan fingerprint density at radius 1 is 1.16 bits per heavy atom. The van der Waals surface area contributed by atoms with Crippen molar-refractivity contribution >= 4 is 0 Å². The van der Waals surface area contributed by atoms with E-state index in [1.807, 2.05) is 24.4 Å². The van der Waals surface area contributed by atoms with Crippen LogP contribution in [0.2, 0.25) is 0 Å². The summed E-state index contributed by atoms with van der Waals surface area (Å²) in [6.45, 7) is 4.84. The van der Waals surface area contributed by atoms with Crippen molar-refractivity contribution in [2.75, 3.05) is 26.3 Å². The lowest BCUT2D eigenvalue weighted by Gasteiger charge is -2.44. The van der Waals surface area contributed by atoms with Crippen LogP contribution in [-0.2, 0) is 16.1 Å². The third-order valence-corrected chi connectivity index (χ3v) is 6.67. The molecule has 0 aromatic carbocycles. The van der Waals surface area contributed by atoms with Crippen LogP contribution in [0.25, 0.3) is 0 Å². The van der Waals surface area contributed by atoms with Crippen molar-refractivity contribution in [3.63, 3.8) is 0 Å². The van der Waals surface area contributed by atoms with Gasteiger partial charge in [0.1, 0.15) is 0 Å². The first-order valence-electron chi connectivity index (χ1n) is 10.2. The summed E-state index contributed by atoms with van der Waals surface area (Å²) in [4.78, 5) is 7.07. The van der Waals surface area contributed by atoms with Crippen LogP contribution in [0.1, 0.15) is 57.1 Å². The van der Waals surface area contributed by atoms with E-state index in [4.69, 9.17) is 9.47 Å². The Morgan fingerprint density at radius 3 is 2.76 bits per heavy atom. The second-order valence-corrected chi connectivity index (χ2v) is 8.04. The molecule has 2 saturated heterocycles. The second-order valence-electron chi connectivity index (χ2n) is 8.04. The molecule has 1 atom stereocenters. The van der Waals surface area contributed by atoms with Crippen LogP contribution in [0, 0.1) is 5.92 Å². The fourth-order valence-corrected chi connectivity index (χ4v) is 5.17. The van der Waals surface area contributed by atoms with Crippen LogP contribution in [-0.4, -0.2) is 47.8 Å². The number of likely N-dealkylation sites (tertiary alicyclic amines) is 1. The average Bonchev–Trinajstić information content (AvgIpc) is 3.32. The molecule has 1 aromatic heterocycles. The van der Waals surface area contributed by atoms with E-state index in [1.54, 1.807) is 0 Å². The molecule has 0 bridgehead atoms. The van der Waals surface area contributed by atoms with E-state index in [1.165, 1.54) is 58.0 Å². The number of piperidine rings is 1. The van der Waals surface area contributed by atoms with E-state index < -0.39 is 0 Å². The minimum atomic E-state index is 0.142. The molecule has 0 radical (unpaired) electrons. The van der Waals surface area contributed by atoms with Crippen LogP contribution in [0.3, 0.4) is 0 Å². The van der Waals surface area contributed by atoms with Gasteiger partial charge in [-0.3, -0.25) is 4.98 Å². The molecule has 0 N–H and O–H groups in total. The van der Waals surface area contributed by atoms with Crippen LogP contribution < -0.4 is 0 Å². The van der Waals surface area contributed by atoms with Gasteiger partial charge in [0.05, 0.1) is 17.9 Å². The van der Waals surface area contributed by atoms with Crippen molar-refractivity contribution in [3.8, 4) is 0 Å². The Morgan fingerprint density at radius 2 is 2.00 bits per heavy atom. The third-order valence-electron chi connectivity index (χ3n) is 6.67. The smallest absolute Gasteiger partial charge is 0.0887 e. The highest BCUT2D eigenvalue weighted by atomic mass is 16.5. The van der Waals surface area contributed by atoms with E-state index in [0.29, 0.717) is 12.5 Å². The molecule has 0 amide bonds. The zero-order valence-electron chi connectivity index (χ0n) is 15.4. The number of hydrogen-bond acceptors (Lipinski definition) is 4. The topological polar surface area (TPSA) is 34.6 Å². The average molecular weight is 344 g/mol.